The fraction of sp³-hybridized carbons (Fsp3) is 0.0741. The first kappa shape index (κ1) is 20.8. The first-order chi connectivity index (χ1) is 16.0. The number of rotatable bonds is 3. The van der Waals surface area contributed by atoms with Gasteiger partial charge in [0.15, 0.2) is 4.77 Å². The van der Waals surface area contributed by atoms with Crippen molar-refractivity contribution in [1.29, 1.82) is 0 Å². The number of para-hydroxylation sites is 3. The maximum atomic E-state index is 13.8. The Labute approximate surface area is 196 Å². The number of fused-ring (bicyclic) bond motifs is 1. The lowest BCUT2D eigenvalue weighted by molar-refractivity contribution is 0.429. The third kappa shape index (κ3) is 3.45. The summed E-state index contributed by atoms with van der Waals surface area (Å²) in [4.78, 5) is 18.2. The molecule has 0 saturated carbocycles. The van der Waals surface area contributed by atoms with Crippen molar-refractivity contribution in [3.63, 3.8) is 0 Å². The molecule has 0 amide bonds. The van der Waals surface area contributed by atoms with E-state index in [9.17, 15) is 9.90 Å². The van der Waals surface area contributed by atoms with Gasteiger partial charge in [-0.25, -0.2) is 0 Å². The third-order valence-electron chi connectivity index (χ3n) is 5.84. The highest BCUT2D eigenvalue weighted by molar-refractivity contribution is 7.71. The zero-order valence-electron chi connectivity index (χ0n) is 18.2. The number of aromatic nitrogens is 2. The van der Waals surface area contributed by atoms with Crippen molar-refractivity contribution < 1.29 is 5.11 Å². The van der Waals surface area contributed by atoms with E-state index < -0.39 is 0 Å². The average Bonchev–Trinajstić information content (AvgIpc) is 3.22. The molecule has 2 heterocycles. The van der Waals surface area contributed by atoms with Crippen molar-refractivity contribution in [2.45, 2.75) is 13.8 Å². The smallest absolute Gasteiger partial charge is 0.270 e. The minimum absolute atomic E-state index is 0.147. The van der Waals surface area contributed by atoms with Crippen LogP contribution in [0, 0.1) is 18.6 Å². The summed E-state index contributed by atoms with van der Waals surface area (Å²) in [6.07, 6.45) is 3.40. The second-order valence-electron chi connectivity index (χ2n) is 7.94. The van der Waals surface area contributed by atoms with Gasteiger partial charge in [-0.1, -0.05) is 54.6 Å². The summed E-state index contributed by atoms with van der Waals surface area (Å²) in [5.74, 6) is -0.200. The van der Waals surface area contributed by atoms with Gasteiger partial charge in [-0.2, -0.15) is 0 Å². The zero-order valence-corrected chi connectivity index (χ0v) is 19.0. The summed E-state index contributed by atoms with van der Waals surface area (Å²) in [6.45, 7) is 3.87. The van der Waals surface area contributed by atoms with Crippen molar-refractivity contribution in [2.75, 3.05) is 0 Å². The Balaban J connectivity index is 1.88. The molecular formula is C27H21N3O2S. The fourth-order valence-electron chi connectivity index (χ4n) is 4.11. The number of aromatic hydroxyl groups is 1. The van der Waals surface area contributed by atoms with Crippen LogP contribution in [0.15, 0.2) is 82.6 Å². The number of hydrogen-bond donors (Lipinski definition) is 1. The Kier molecular flexibility index (Phi) is 5.15. The zero-order chi connectivity index (χ0) is 23.1. The molecular weight excluding hydrogens is 430 g/mol. The van der Waals surface area contributed by atoms with Crippen LogP contribution in [0.25, 0.3) is 23.0 Å². The van der Waals surface area contributed by atoms with Crippen LogP contribution in [0.4, 0.5) is 5.69 Å². The number of aliphatic imine (C=N–C) groups is 1. The highest BCUT2D eigenvalue weighted by Crippen LogP contribution is 2.34. The Morgan fingerprint density at radius 2 is 1.42 bits per heavy atom. The number of nitrogens with zero attached hydrogens (tertiary/aromatic N) is 3. The normalized spacial score (nSPS) is 13.5. The molecule has 5 nitrogen and oxygen atoms in total. The Morgan fingerprint density at radius 1 is 0.848 bits per heavy atom. The van der Waals surface area contributed by atoms with Gasteiger partial charge in [-0.15, -0.1) is 0 Å². The SMILES string of the molecule is Cc1ccccc1-n1c(O)c(/C=C2\C=Nc3ccccc32)c(=O)n(-c2ccccc2C)c1=S. The number of benzene rings is 3. The quantitative estimate of drug-likeness (QED) is 0.392. The molecule has 0 unspecified atom stereocenters. The van der Waals surface area contributed by atoms with Gasteiger partial charge in [-0.3, -0.25) is 18.9 Å². The standard InChI is InChI=1S/C27H21N3O2S/c1-17-9-3-7-13-23(17)29-25(31)21(15-19-16-28-22-12-6-5-11-20(19)22)26(32)30(27(29)33)24-14-8-4-10-18(24)2/h3-16,31H,1-2H3/b19-15+. The van der Waals surface area contributed by atoms with Gasteiger partial charge >= 0.3 is 0 Å². The minimum atomic E-state index is -0.387. The summed E-state index contributed by atoms with van der Waals surface area (Å²) >= 11 is 5.77. The van der Waals surface area contributed by atoms with Crippen LogP contribution < -0.4 is 5.56 Å². The predicted molar refractivity (Wildman–Crippen MR) is 136 cm³/mol. The van der Waals surface area contributed by atoms with E-state index in [1.54, 1.807) is 16.9 Å². The van der Waals surface area contributed by atoms with Gasteiger partial charge in [0.1, 0.15) is 5.56 Å². The summed E-state index contributed by atoms with van der Waals surface area (Å²) in [7, 11) is 0. The van der Waals surface area contributed by atoms with Crippen molar-refractivity contribution in [3.05, 3.63) is 110 Å². The number of aryl methyl sites for hydroxylation is 2. The van der Waals surface area contributed by atoms with Gasteiger partial charge in [0.25, 0.3) is 5.56 Å². The maximum absolute atomic E-state index is 13.8. The van der Waals surface area contributed by atoms with Crippen LogP contribution in [0.1, 0.15) is 22.3 Å². The largest absolute Gasteiger partial charge is 0.494 e. The van der Waals surface area contributed by atoms with E-state index >= 15 is 0 Å². The molecule has 1 aliphatic rings. The monoisotopic (exact) mass is 451 g/mol. The fourth-order valence-corrected chi connectivity index (χ4v) is 4.47. The molecule has 0 bridgehead atoms. The second kappa shape index (κ2) is 8.15. The molecule has 33 heavy (non-hydrogen) atoms. The topological polar surface area (TPSA) is 59.5 Å². The van der Waals surface area contributed by atoms with Crippen LogP contribution in [0.5, 0.6) is 5.88 Å². The van der Waals surface area contributed by atoms with Crippen LogP contribution in [-0.4, -0.2) is 20.5 Å². The third-order valence-corrected chi connectivity index (χ3v) is 6.20. The van der Waals surface area contributed by atoms with Gasteiger partial charge < -0.3 is 5.11 Å². The van der Waals surface area contributed by atoms with E-state index in [1.807, 2.05) is 86.6 Å². The van der Waals surface area contributed by atoms with Crippen LogP contribution in [0.3, 0.4) is 0 Å². The average molecular weight is 452 g/mol. The molecule has 1 aromatic heterocycles. The van der Waals surface area contributed by atoms with E-state index in [0.717, 1.165) is 28.0 Å². The molecule has 1 aliphatic heterocycles. The summed E-state index contributed by atoms with van der Waals surface area (Å²) in [6, 6.07) is 22.9. The van der Waals surface area contributed by atoms with Crippen molar-refractivity contribution in [2.24, 2.45) is 4.99 Å². The summed E-state index contributed by atoms with van der Waals surface area (Å²) < 4.78 is 3.24. The predicted octanol–water partition coefficient (Wildman–Crippen LogP) is 5.94. The molecule has 3 aromatic carbocycles. The number of hydrogen-bond acceptors (Lipinski definition) is 4. The molecule has 6 heteroatoms. The molecule has 162 valence electrons. The van der Waals surface area contributed by atoms with E-state index in [1.165, 1.54) is 4.57 Å². The summed E-state index contributed by atoms with van der Waals surface area (Å²) in [5, 5.41) is 11.4. The molecule has 0 atom stereocenters. The lowest BCUT2D eigenvalue weighted by Gasteiger charge is -2.19. The van der Waals surface area contributed by atoms with Gasteiger partial charge in [0.2, 0.25) is 5.88 Å². The molecule has 0 radical (unpaired) electrons. The van der Waals surface area contributed by atoms with Crippen molar-refractivity contribution in [3.8, 4) is 17.3 Å². The minimum Gasteiger partial charge on any atom is -0.494 e. The molecule has 5 rings (SSSR count). The molecule has 0 aliphatic carbocycles. The first-order valence-electron chi connectivity index (χ1n) is 10.6. The van der Waals surface area contributed by atoms with E-state index in [0.29, 0.717) is 11.4 Å². The molecule has 1 N–H and O–H groups in total. The van der Waals surface area contributed by atoms with Gasteiger partial charge in [0, 0.05) is 17.4 Å². The molecule has 0 saturated heterocycles. The maximum Gasteiger partial charge on any atom is 0.270 e. The Hall–Kier alpha value is -4.03. The van der Waals surface area contributed by atoms with Crippen LogP contribution in [-0.2, 0) is 0 Å². The van der Waals surface area contributed by atoms with Gasteiger partial charge in [-0.05, 0) is 61.5 Å². The van der Waals surface area contributed by atoms with Crippen LogP contribution >= 0.6 is 12.2 Å². The lowest BCUT2D eigenvalue weighted by Crippen LogP contribution is -2.26. The lowest BCUT2D eigenvalue weighted by atomic mass is 10.0. The van der Waals surface area contributed by atoms with Crippen molar-refractivity contribution >= 4 is 35.8 Å². The second-order valence-corrected chi connectivity index (χ2v) is 8.31. The number of allylic oxidation sites excluding steroid dienone is 1. The highest BCUT2D eigenvalue weighted by Gasteiger charge is 2.21. The highest BCUT2D eigenvalue weighted by atomic mass is 32.1. The van der Waals surface area contributed by atoms with E-state index in [4.69, 9.17) is 12.2 Å². The molecule has 4 aromatic rings. The van der Waals surface area contributed by atoms with Gasteiger partial charge in [0.05, 0.1) is 17.1 Å². The first-order valence-corrected chi connectivity index (χ1v) is 11.0. The van der Waals surface area contributed by atoms with Crippen LogP contribution in [0.2, 0.25) is 0 Å². The molecule has 0 spiro atoms. The van der Waals surface area contributed by atoms with E-state index in [2.05, 4.69) is 4.99 Å². The summed E-state index contributed by atoms with van der Waals surface area (Å²) in [5.41, 5.74) is 5.46. The van der Waals surface area contributed by atoms with Crippen molar-refractivity contribution in [1.82, 2.24) is 9.13 Å². The molecule has 0 fully saturated rings. The Bertz CT molecular complexity index is 1590. The van der Waals surface area contributed by atoms with E-state index in [-0.39, 0.29) is 21.8 Å². The Morgan fingerprint density at radius 3 is 2.09 bits per heavy atom.